The number of amides is 2. The molecule has 0 bridgehead atoms. The Morgan fingerprint density at radius 1 is 1.36 bits per heavy atom. The van der Waals surface area contributed by atoms with Crippen LogP contribution in [0.3, 0.4) is 0 Å². The van der Waals surface area contributed by atoms with E-state index in [1.165, 1.54) is 0 Å². The van der Waals surface area contributed by atoms with E-state index in [4.69, 9.17) is 4.74 Å². The third-order valence-electron chi connectivity index (χ3n) is 5.26. The van der Waals surface area contributed by atoms with Gasteiger partial charge in [0, 0.05) is 34.7 Å². The molecule has 0 aliphatic carbocycles. The predicted octanol–water partition coefficient (Wildman–Crippen LogP) is 3.87. The predicted molar refractivity (Wildman–Crippen MR) is 128 cm³/mol. The molecule has 1 aromatic carbocycles. The number of piperidine rings is 1. The molecule has 6 nitrogen and oxygen atoms in total. The number of hydrogen-bond acceptors (Lipinski definition) is 4. The molecule has 1 aromatic rings. The van der Waals surface area contributed by atoms with Crippen molar-refractivity contribution in [3.63, 3.8) is 0 Å². The van der Waals surface area contributed by atoms with Gasteiger partial charge in [0.05, 0.1) is 28.6 Å². The lowest BCUT2D eigenvalue weighted by atomic mass is 9.98. The van der Waals surface area contributed by atoms with Crippen LogP contribution >= 0.6 is 45.5 Å². The third-order valence-corrected chi connectivity index (χ3v) is 7.17. The molecular formula is C20H27I2N3O3. The summed E-state index contributed by atoms with van der Waals surface area (Å²) in [5.41, 5.74) is 1.20. The average Bonchev–Trinajstić information content (AvgIpc) is 2.59. The second-order valence-electron chi connectivity index (χ2n) is 8.28. The molecule has 0 aromatic heterocycles. The molecule has 0 saturated carbocycles. The Hall–Kier alpha value is -0.620. The summed E-state index contributed by atoms with van der Waals surface area (Å²) in [4.78, 5) is 28.1. The second-order valence-corrected chi connectivity index (χ2v) is 11.0. The van der Waals surface area contributed by atoms with Gasteiger partial charge < -0.3 is 15.0 Å². The minimum Gasteiger partial charge on any atom is -0.476 e. The molecule has 2 unspecified atom stereocenters. The van der Waals surface area contributed by atoms with Gasteiger partial charge in [0.25, 0.3) is 11.8 Å². The van der Waals surface area contributed by atoms with Crippen LogP contribution in [-0.4, -0.2) is 51.4 Å². The largest absolute Gasteiger partial charge is 0.476 e. The zero-order valence-electron chi connectivity index (χ0n) is 16.9. The standard InChI is InChI=1S/C20H27I2N3O3/c1-11(2)24(14-7-13(21)9-23-10-14)18(26)15-8-16-17(6-12(15)3)28-20(4,5)19(27)25(16)22/h6,8,11,13-14,23H,7,9-10H2,1-5H3. The SMILES string of the molecule is Cc1cc2c(cc1C(=O)N(C(C)C)C1CNCC(I)C1)N(I)C(=O)C(C)(C)O2. The molecule has 0 spiro atoms. The molecule has 8 heteroatoms. The van der Waals surface area contributed by atoms with Gasteiger partial charge in [-0.15, -0.1) is 0 Å². The van der Waals surface area contributed by atoms with Crippen LogP contribution in [0.4, 0.5) is 5.69 Å². The number of rotatable bonds is 3. The number of alkyl halides is 1. The van der Waals surface area contributed by atoms with E-state index in [2.05, 4.69) is 41.8 Å². The van der Waals surface area contributed by atoms with Gasteiger partial charge >= 0.3 is 0 Å². The van der Waals surface area contributed by atoms with Crippen molar-refractivity contribution < 1.29 is 14.3 Å². The maximum absolute atomic E-state index is 13.6. The van der Waals surface area contributed by atoms with Gasteiger partial charge in [-0.25, -0.2) is 3.11 Å². The molecule has 2 aliphatic rings. The van der Waals surface area contributed by atoms with Gasteiger partial charge in [-0.2, -0.15) is 0 Å². The molecular weight excluding hydrogens is 584 g/mol. The number of carbonyl (C=O) groups is 2. The molecule has 3 rings (SSSR count). The number of carbonyl (C=O) groups excluding carboxylic acids is 2. The van der Waals surface area contributed by atoms with Gasteiger partial charge in [-0.3, -0.25) is 9.59 Å². The topological polar surface area (TPSA) is 61.9 Å². The summed E-state index contributed by atoms with van der Waals surface area (Å²) >= 11 is 4.44. The first-order chi connectivity index (χ1) is 13.0. The summed E-state index contributed by atoms with van der Waals surface area (Å²) in [5.74, 6) is 0.512. The molecule has 28 heavy (non-hydrogen) atoms. The van der Waals surface area contributed by atoms with Crippen LogP contribution < -0.4 is 13.2 Å². The smallest absolute Gasteiger partial charge is 0.279 e. The highest BCUT2D eigenvalue weighted by Gasteiger charge is 2.41. The molecule has 2 amide bonds. The number of nitrogens with zero attached hydrogens (tertiary/aromatic N) is 2. The number of nitrogens with one attached hydrogen (secondary N) is 1. The van der Waals surface area contributed by atoms with Crippen LogP contribution in [0, 0.1) is 6.92 Å². The Morgan fingerprint density at radius 3 is 2.64 bits per heavy atom. The lowest BCUT2D eigenvalue weighted by Crippen LogP contribution is -2.54. The average molecular weight is 611 g/mol. The van der Waals surface area contributed by atoms with Crippen molar-refractivity contribution in [3.8, 4) is 5.75 Å². The lowest BCUT2D eigenvalue weighted by Gasteiger charge is -2.40. The van der Waals surface area contributed by atoms with Crippen molar-refractivity contribution in [1.82, 2.24) is 10.2 Å². The maximum Gasteiger partial charge on any atom is 0.279 e. The highest BCUT2D eigenvalue weighted by atomic mass is 127. The fourth-order valence-electron chi connectivity index (χ4n) is 3.84. The first-order valence-corrected chi connectivity index (χ1v) is 11.8. The molecule has 1 saturated heterocycles. The van der Waals surface area contributed by atoms with Gasteiger partial charge in [-0.1, -0.05) is 22.6 Å². The number of aryl methyl sites for hydroxylation is 1. The third kappa shape index (κ3) is 4.14. The minimum atomic E-state index is -0.917. The first kappa shape index (κ1) is 22.1. The molecule has 2 atom stereocenters. The van der Waals surface area contributed by atoms with E-state index in [1.54, 1.807) is 23.0 Å². The summed E-state index contributed by atoms with van der Waals surface area (Å²) in [5, 5.41) is 3.44. The van der Waals surface area contributed by atoms with E-state index in [0.717, 1.165) is 25.1 Å². The first-order valence-electron chi connectivity index (χ1n) is 9.54. The normalized spacial score (nSPS) is 24.0. The Balaban J connectivity index is 1.98. The Morgan fingerprint density at radius 2 is 2.04 bits per heavy atom. The zero-order chi connectivity index (χ0) is 20.8. The number of anilines is 1. The summed E-state index contributed by atoms with van der Waals surface area (Å²) in [6, 6.07) is 3.93. The molecule has 2 aliphatic heterocycles. The van der Waals surface area contributed by atoms with E-state index in [9.17, 15) is 9.59 Å². The van der Waals surface area contributed by atoms with Crippen LogP contribution in [0.25, 0.3) is 0 Å². The number of ether oxygens (including phenoxy) is 1. The number of halogens is 2. The van der Waals surface area contributed by atoms with Crippen molar-refractivity contribution in [3.05, 3.63) is 23.3 Å². The minimum absolute atomic E-state index is 0.00897. The fraction of sp³-hybridized carbons (Fsp3) is 0.600. The van der Waals surface area contributed by atoms with Crippen molar-refractivity contribution in [2.75, 3.05) is 16.2 Å². The fourth-order valence-corrected chi connectivity index (χ4v) is 5.70. The van der Waals surface area contributed by atoms with Crippen molar-refractivity contribution >= 4 is 63.0 Å². The van der Waals surface area contributed by atoms with E-state index in [1.807, 2.05) is 40.8 Å². The monoisotopic (exact) mass is 611 g/mol. The summed E-state index contributed by atoms with van der Waals surface area (Å²) in [7, 11) is 0. The molecule has 1 N–H and O–H groups in total. The van der Waals surface area contributed by atoms with Crippen LogP contribution in [0.15, 0.2) is 12.1 Å². The van der Waals surface area contributed by atoms with Gasteiger partial charge in [0.2, 0.25) is 0 Å². The van der Waals surface area contributed by atoms with Gasteiger partial charge in [0.15, 0.2) is 5.60 Å². The highest BCUT2D eigenvalue weighted by molar-refractivity contribution is 14.1. The quantitative estimate of drug-likeness (QED) is 0.321. The van der Waals surface area contributed by atoms with Crippen LogP contribution in [0.2, 0.25) is 0 Å². The summed E-state index contributed by atoms with van der Waals surface area (Å²) < 4.78 is 8.00. The number of hydrogen-bond donors (Lipinski definition) is 1. The van der Waals surface area contributed by atoms with Crippen LogP contribution in [0.5, 0.6) is 5.75 Å². The zero-order valence-corrected chi connectivity index (χ0v) is 21.2. The lowest BCUT2D eigenvalue weighted by molar-refractivity contribution is -0.130. The molecule has 2 heterocycles. The van der Waals surface area contributed by atoms with E-state index < -0.39 is 5.60 Å². The van der Waals surface area contributed by atoms with Crippen LogP contribution in [0.1, 0.15) is 50.0 Å². The number of benzene rings is 1. The summed E-state index contributed by atoms with van der Waals surface area (Å²) in [6.07, 6.45) is 0.982. The summed E-state index contributed by atoms with van der Waals surface area (Å²) in [6.45, 7) is 11.3. The second kappa shape index (κ2) is 8.25. The van der Waals surface area contributed by atoms with Gasteiger partial charge in [-0.05, 0) is 58.7 Å². The van der Waals surface area contributed by atoms with Crippen molar-refractivity contribution in [2.45, 2.75) is 62.6 Å². The van der Waals surface area contributed by atoms with E-state index in [0.29, 0.717) is 20.9 Å². The molecule has 1 fully saturated rings. The van der Waals surface area contributed by atoms with Crippen molar-refractivity contribution in [2.24, 2.45) is 0 Å². The van der Waals surface area contributed by atoms with Crippen LogP contribution in [-0.2, 0) is 4.79 Å². The van der Waals surface area contributed by atoms with E-state index >= 15 is 0 Å². The van der Waals surface area contributed by atoms with Gasteiger partial charge in [0.1, 0.15) is 5.75 Å². The molecule has 0 radical (unpaired) electrons. The van der Waals surface area contributed by atoms with E-state index in [-0.39, 0.29) is 23.9 Å². The molecule has 154 valence electrons. The Labute approximate surface area is 194 Å². The Bertz CT molecular complexity index is 797. The van der Waals surface area contributed by atoms with Crippen molar-refractivity contribution in [1.29, 1.82) is 0 Å². The Kier molecular flexibility index (Phi) is 6.51. The highest BCUT2D eigenvalue weighted by Crippen LogP contribution is 2.41. The number of fused-ring (bicyclic) bond motifs is 1. The maximum atomic E-state index is 13.6.